The van der Waals surface area contributed by atoms with Crippen molar-refractivity contribution in [3.63, 3.8) is 0 Å². The molecule has 0 bridgehead atoms. The molecule has 1 unspecified atom stereocenters. The van der Waals surface area contributed by atoms with Crippen molar-refractivity contribution in [3.8, 4) is 0 Å². The first-order valence-corrected chi connectivity index (χ1v) is 8.13. The molecule has 1 aliphatic carbocycles. The zero-order valence-electron chi connectivity index (χ0n) is 13.1. The fourth-order valence-corrected chi connectivity index (χ4v) is 2.99. The van der Waals surface area contributed by atoms with Gasteiger partial charge < -0.3 is 10.2 Å². The number of nitrogens with zero attached hydrogens (tertiary/aromatic N) is 1. The molecule has 1 aliphatic rings. The molecule has 114 valence electrons. The number of hydrogen-bond acceptors (Lipinski definition) is 3. The average molecular weight is 286 g/mol. The third kappa shape index (κ3) is 3.30. The van der Waals surface area contributed by atoms with E-state index in [0.717, 1.165) is 23.8 Å². The standard InChI is InChI=1S/C18H26N2O/c1-13(2)9-10-20(15-7-8-15)16(12-19)18-11-14-5-3-4-6-17(14)21-18/h3-6,11,13,15-16H,7-10,12,19H2,1-2H3. The number of para-hydroxylation sites is 1. The van der Waals surface area contributed by atoms with Crippen molar-refractivity contribution in [2.75, 3.05) is 13.1 Å². The molecule has 3 nitrogen and oxygen atoms in total. The summed E-state index contributed by atoms with van der Waals surface area (Å²) < 4.78 is 6.07. The number of rotatable bonds is 7. The molecule has 2 aromatic rings. The van der Waals surface area contributed by atoms with Crippen LogP contribution in [-0.4, -0.2) is 24.0 Å². The normalized spacial score (nSPS) is 17.0. The summed E-state index contributed by atoms with van der Waals surface area (Å²) in [6.45, 7) is 6.29. The van der Waals surface area contributed by atoms with Gasteiger partial charge in [0.15, 0.2) is 0 Å². The Morgan fingerprint density at radius 1 is 1.29 bits per heavy atom. The molecule has 1 aromatic heterocycles. The van der Waals surface area contributed by atoms with E-state index in [0.29, 0.717) is 12.6 Å². The minimum Gasteiger partial charge on any atom is -0.459 e. The quantitative estimate of drug-likeness (QED) is 0.838. The van der Waals surface area contributed by atoms with Crippen molar-refractivity contribution in [1.29, 1.82) is 0 Å². The lowest BCUT2D eigenvalue weighted by molar-refractivity contribution is 0.163. The molecule has 21 heavy (non-hydrogen) atoms. The summed E-state index contributed by atoms with van der Waals surface area (Å²) in [6.07, 6.45) is 3.82. The molecule has 1 saturated carbocycles. The molecule has 0 spiro atoms. The first-order valence-electron chi connectivity index (χ1n) is 8.13. The Morgan fingerprint density at radius 3 is 2.67 bits per heavy atom. The van der Waals surface area contributed by atoms with E-state index in [9.17, 15) is 0 Å². The number of furan rings is 1. The number of benzene rings is 1. The van der Waals surface area contributed by atoms with Crippen LogP contribution in [0.25, 0.3) is 11.0 Å². The van der Waals surface area contributed by atoms with Crippen LogP contribution in [0.1, 0.15) is 44.9 Å². The Morgan fingerprint density at radius 2 is 2.05 bits per heavy atom. The third-order valence-electron chi connectivity index (χ3n) is 4.38. The lowest BCUT2D eigenvalue weighted by atomic mass is 10.1. The van der Waals surface area contributed by atoms with Crippen LogP contribution in [0.2, 0.25) is 0 Å². The molecule has 1 atom stereocenters. The minimum absolute atomic E-state index is 0.212. The maximum absolute atomic E-state index is 6.10. The van der Waals surface area contributed by atoms with Crippen molar-refractivity contribution in [2.45, 2.75) is 45.2 Å². The average Bonchev–Trinajstić information content (AvgIpc) is 3.21. The first kappa shape index (κ1) is 14.6. The number of nitrogens with two attached hydrogens (primary N) is 1. The van der Waals surface area contributed by atoms with E-state index < -0.39 is 0 Å². The minimum atomic E-state index is 0.212. The van der Waals surface area contributed by atoms with Crippen molar-refractivity contribution in [1.82, 2.24) is 4.90 Å². The molecule has 1 heterocycles. The lowest BCUT2D eigenvalue weighted by Crippen LogP contribution is -2.36. The molecule has 1 aromatic carbocycles. The van der Waals surface area contributed by atoms with Gasteiger partial charge in [-0.2, -0.15) is 0 Å². The summed E-state index contributed by atoms with van der Waals surface area (Å²) in [5.74, 6) is 1.75. The van der Waals surface area contributed by atoms with E-state index >= 15 is 0 Å². The number of fused-ring (bicyclic) bond motifs is 1. The van der Waals surface area contributed by atoms with Gasteiger partial charge in [0.1, 0.15) is 11.3 Å². The predicted octanol–water partition coefficient (Wildman–Crippen LogP) is 3.94. The summed E-state index contributed by atoms with van der Waals surface area (Å²) in [6, 6.07) is 11.3. The van der Waals surface area contributed by atoms with Crippen molar-refractivity contribution >= 4 is 11.0 Å². The van der Waals surface area contributed by atoms with E-state index in [1.54, 1.807) is 0 Å². The van der Waals surface area contributed by atoms with E-state index in [1.807, 2.05) is 12.1 Å². The molecular formula is C18H26N2O. The Balaban J connectivity index is 1.84. The van der Waals surface area contributed by atoms with Crippen LogP contribution in [0, 0.1) is 5.92 Å². The SMILES string of the molecule is CC(C)CCN(C1CC1)C(CN)c1cc2ccccc2o1. The Hall–Kier alpha value is -1.32. The van der Waals surface area contributed by atoms with E-state index in [2.05, 4.69) is 36.9 Å². The summed E-state index contributed by atoms with van der Waals surface area (Å²) >= 11 is 0. The van der Waals surface area contributed by atoms with E-state index in [1.165, 1.54) is 24.6 Å². The zero-order valence-corrected chi connectivity index (χ0v) is 13.1. The summed E-state index contributed by atoms with van der Waals surface area (Å²) in [5, 5.41) is 1.17. The Bertz CT molecular complexity index is 553. The van der Waals surface area contributed by atoms with Crippen LogP contribution in [-0.2, 0) is 0 Å². The van der Waals surface area contributed by atoms with Gasteiger partial charge in [0.05, 0.1) is 6.04 Å². The molecule has 2 N–H and O–H groups in total. The van der Waals surface area contributed by atoms with Crippen molar-refractivity contribution < 1.29 is 4.42 Å². The smallest absolute Gasteiger partial charge is 0.134 e. The van der Waals surface area contributed by atoms with Crippen LogP contribution < -0.4 is 5.73 Å². The van der Waals surface area contributed by atoms with E-state index in [-0.39, 0.29) is 6.04 Å². The van der Waals surface area contributed by atoms with E-state index in [4.69, 9.17) is 10.2 Å². The molecule has 1 fully saturated rings. The summed E-state index contributed by atoms with van der Waals surface area (Å²) in [5.41, 5.74) is 7.06. The number of hydrogen-bond donors (Lipinski definition) is 1. The third-order valence-corrected chi connectivity index (χ3v) is 4.38. The van der Waals surface area contributed by atoms with Gasteiger partial charge in [-0.1, -0.05) is 32.0 Å². The van der Waals surface area contributed by atoms with Gasteiger partial charge in [0, 0.05) is 18.0 Å². The van der Waals surface area contributed by atoms with Crippen molar-refractivity contribution in [3.05, 3.63) is 36.1 Å². The molecule has 0 saturated heterocycles. The largest absolute Gasteiger partial charge is 0.459 e. The van der Waals surface area contributed by atoms with Crippen LogP contribution in [0.5, 0.6) is 0 Å². The monoisotopic (exact) mass is 286 g/mol. The predicted molar refractivity (Wildman–Crippen MR) is 87.2 cm³/mol. The molecule has 0 aliphatic heterocycles. The van der Waals surface area contributed by atoms with Crippen LogP contribution >= 0.6 is 0 Å². The van der Waals surface area contributed by atoms with Crippen LogP contribution in [0.3, 0.4) is 0 Å². The zero-order chi connectivity index (χ0) is 14.8. The second-order valence-corrected chi connectivity index (χ2v) is 6.59. The molecule has 3 rings (SSSR count). The highest BCUT2D eigenvalue weighted by Gasteiger charge is 2.35. The summed E-state index contributed by atoms with van der Waals surface area (Å²) in [4.78, 5) is 2.57. The second-order valence-electron chi connectivity index (χ2n) is 6.59. The van der Waals surface area contributed by atoms with Crippen LogP contribution in [0.15, 0.2) is 34.7 Å². The van der Waals surface area contributed by atoms with Gasteiger partial charge in [0.25, 0.3) is 0 Å². The topological polar surface area (TPSA) is 42.4 Å². The molecule has 0 radical (unpaired) electrons. The second kappa shape index (κ2) is 6.20. The highest BCUT2D eigenvalue weighted by Crippen LogP contribution is 2.36. The van der Waals surface area contributed by atoms with Gasteiger partial charge in [-0.25, -0.2) is 0 Å². The van der Waals surface area contributed by atoms with Crippen LogP contribution in [0.4, 0.5) is 0 Å². The lowest BCUT2D eigenvalue weighted by Gasteiger charge is -2.30. The Labute approximate surface area is 127 Å². The van der Waals surface area contributed by atoms with Gasteiger partial charge >= 0.3 is 0 Å². The van der Waals surface area contributed by atoms with Gasteiger partial charge in [-0.15, -0.1) is 0 Å². The summed E-state index contributed by atoms with van der Waals surface area (Å²) in [7, 11) is 0. The fourth-order valence-electron chi connectivity index (χ4n) is 2.99. The highest BCUT2D eigenvalue weighted by atomic mass is 16.3. The maximum atomic E-state index is 6.10. The first-order chi connectivity index (χ1) is 10.2. The van der Waals surface area contributed by atoms with Gasteiger partial charge in [-0.05, 0) is 43.9 Å². The fraction of sp³-hybridized carbons (Fsp3) is 0.556. The highest BCUT2D eigenvalue weighted by molar-refractivity contribution is 5.77. The van der Waals surface area contributed by atoms with Crippen molar-refractivity contribution in [2.24, 2.45) is 11.7 Å². The molecule has 3 heteroatoms. The van der Waals surface area contributed by atoms with Gasteiger partial charge in [0.2, 0.25) is 0 Å². The Kier molecular flexibility index (Phi) is 4.32. The molecular weight excluding hydrogens is 260 g/mol. The van der Waals surface area contributed by atoms with Gasteiger partial charge in [-0.3, -0.25) is 4.90 Å². The molecule has 0 amide bonds. The maximum Gasteiger partial charge on any atom is 0.134 e.